The van der Waals surface area contributed by atoms with E-state index in [1.807, 2.05) is 30.3 Å². The lowest BCUT2D eigenvalue weighted by atomic mass is 10.00. The van der Waals surface area contributed by atoms with E-state index in [1.54, 1.807) is 12.1 Å². The summed E-state index contributed by atoms with van der Waals surface area (Å²) in [6.45, 7) is 3.17. The maximum Gasteiger partial charge on any atom is 0.415 e. The van der Waals surface area contributed by atoms with Crippen LogP contribution in [0.2, 0.25) is 0 Å². The molecule has 0 radical (unpaired) electrons. The van der Waals surface area contributed by atoms with Crippen molar-refractivity contribution in [2.24, 2.45) is 0 Å². The van der Waals surface area contributed by atoms with Gasteiger partial charge < -0.3 is 25.4 Å². The fourth-order valence-corrected chi connectivity index (χ4v) is 4.58. The van der Waals surface area contributed by atoms with Crippen molar-refractivity contribution in [2.75, 3.05) is 13.1 Å². The van der Waals surface area contributed by atoms with Crippen molar-refractivity contribution in [3.63, 3.8) is 0 Å². The third kappa shape index (κ3) is 8.08. The summed E-state index contributed by atoms with van der Waals surface area (Å²) in [7, 11) is 0. The number of para-hydroxylation sites is 1. The minimum absolute atomic E-state index is 0.0215. The smallest absolute Gasteiger partial charge is 0.410 e. The molecule has 3 N–H and O–H groups in total. The summed E-state index contributed by atoms with van der Waals surface area (Å²) in [5.74, 6) is -1.37. The number of aliphatic hydroxyl groups excluding tert-OH is 1. The SMILES string of the molecule is CCc1cccc(CNC[C@H](O)[C@H](Cc2cc(F)cc(F)c2)NC(=O)CCN2Cc3ccccc3OC2=O)c1. The van der Waals surface area contributed by atoms with Gasteiger partial charge >= 0.3 is 6.09 Å². The lowest BCUT2D eigenvalue weighted by molar-refractivity contribution is -0.122. The molecule has 0 unspecified atom stereocenters. The highest BCUT2D eigenvalue weighted by Gasteiger charge is 2.26. The Bertz CT molecular complexity index is 1280. The summed E-state index contributed by atoms with van der Waals surface area (Å²) in [4.78, 5) is 26.6. The molecule has 0 saturated carbocycles. The van der Waals surface area contributed by atoms with Crippen LogP contribution in [0.3, 0.4) is 0 Å². The van der Waals surface area contributed by atoms with E-state index in [1.165, 1.54) is 22.6 Å². The summed E-state index contributed by atoms with van der Waals surface area (Å²) < 4.78 is 33.0. The number of nitrogens with one attached hydrogen (secondary N) is 2. The van der Waals surface area contributed by atoms with Gasteiger partial charge in [0.1, 0.15) is 17.4 Å². The van der Waals surface area contributed by atoms with E-state index in [2.05, 4.69) is 23.6 Å². The van der Waals surface area contributed by atoms with Gasteiger partial charge in [-0.2, -0.15) is 0 Å². The number of hydrogen-bond acceptors (Lipinski definition) is 5. The fourth-order valence-electron chi connectivity index (χ4n) is 4.58. The van der Waals surface area contributed by atoms with E-state index in [0.29, 0.717) is 24.4 Å². The van der Waals surface area contributed by atoms with Crippen LogP contribution in [0.25, 0.3) is 0 Å². The number of fused-ring (bicyclic) bond motifs is 1. The second-order valence-electron chi connectivity index (χ2n) is 9.67. The van der Waals surface area contributed by atoms with Crippen LogP contribution in [0.15, 0.2) is 66.7 Å². The normalized spacial score (nSPS) is 14.4. The van der Waals surface area contributed by atoms with Crippen LogP contribution >= 0.6 is 0 Å². The number of carbonyl (C=O) groups excluding carboxylic acids is 2. The van der Waals surface area contributed by atoms with Crippen molar-refractivity contribution >= 4 is 12.0 Å². The van der Waals surface area contributed by atoms with Crippen molar-refractivity contribution in [3.8, 4) is 5.75 Å². The highest BCUT2D eigenvalue weighted by Crippen LogP contribution is 2.25. The molecule has 1 aliphatic heterocycles. The molecule has 2 amide bonds. The van der Waals surface area contributed by atoms with Gasteiger partial charge in [0.2, 0.25) is 5.91 Å². The van der Waals surface area contributed by atoms with E-state index < -0.39 is 35.8 Å². The monoisotopic (exact) mass is 537 g/mol. The van der Waals surface area contributed by atoms with Gasteiger partial charge in [-0.1, -0.05) is 49.4 Å². The molecule has 1 heterocycles. The van der Waals surface area contributed by atoms with Gasteiger partial charge in [-0.05, 0) is 47.7 Å². The minimum Gasteiger partial charge on any atom is -0.410 e. The van der Waals surface area contributed by atoms with E-state index >= 15 is 0 Å². The molecule has 206 valence electrons. The molecule has 0 aromatic heterocycles. The van der Waals surface area contributed by atoms with Crippen molar-refractivity contribution in [1.29, 1.82) is 0 Å². The highest BCUT2D eigenvalue weighted by molar-refractivity contribution is 5.78. The van der Waals surface area contributed by atoms with Crippen molar-refractivity contribution in [1.82, 2.24) is 15.5 Å². The number of aryl methyl sites for hydroxylation is 1. The molecule has 3 aromatic rings. The number of nitrogens with zero attached hydrogens (tertiary/aromatic N) is 1. The Kier molecular flexibility index (Phi) is 9.62. The molecule has 0 saturated heterocycles. The number of carbonyl (C=O) groups is 2. The van der Waals surface area contributed by atoms with Gasteiger partial charge in [0.15, 0.2) is 0 Å². The molecular weight excluding hydrogens is 504 g/mol. The Balaban J connectivity index is 1.37. The lowest BCUT2D eigenvalue weighted by Gasteiger charge is -2.28. The number of hydrogen-bond donors (Lipinski definition) is 3. The summed E-state index contributed by atoms with van der Waals surface area (Å²) in [6.07, 6.45) is -0.675. The van der Waals surface area contributed by atoms with Crippen LogP contribution in [0.5, 0.6) is 5.75 Å². The van der Waals surface area contributed by atoms with E-state index in [-0.39, 0.29) is 25.9 Å². The molecule has 39 heavy (non-hydrogen) atoms. The third-order valence-corrected chi connectivity index (χ3v) is 6.67. The summed E-state index contributed by atoms with van der Waals surface area (Å²) >= 11 is 0. The first-order chi connectivity index (χ1) is 18.8. The Morgan fingerprint density at radius 2 is 1.77 bits per heavy atom. The number of aliphatic hydroxyl groups is 1. The average Bonchev–Trinajstić information content (AvgIpc) is 2.91. The number of rotatable bonds is 12. The Morgan fingerprint density at radius 1 is 1.03 bits per heavy atom. The van der Waals surface area contributed by atoms with Crippen molar-refractivity contribution in [3.05, 3.63) is 101 Å². The predicted octanol–water partition coefficient (Wildman–Crippen LogP) is 4.11. The van der Waals surface area contributed by atoms with Crippen LogP contribution in [-0.2, 0) is 30.7 Å². The molecule has 4 rings (SSSR count). The van der Waals surface area contributed by atoms with Gasteiger partial charge in [-0.3, -0.25) is 4.79 Å². The van der Waals surface area contributed by atoms with Crippen LogP contribution in [-0.4, -0.2) is 47.2 Å². The molecule has 0 spiro atoms. The molecule has 0 bridgehead atoms. The predicted molar refractivity (Wildman–Crippen MR) is 143 cm³/mol. The molecule has 0 aliphatic carbocycles. The Hall–Kier alpha value is -3.82. The molecule has 3 aromatic carbocycles. The second kappa shape index (κ2) is 13.3. The van der Waals surface area contributed by atoms with Gasteiger partial charge in [0.25, 0.3) is 0 Å². The Labute approximate surface area is 226 Å². The first-order valence-electron chi connectivity index (χ1n) is 13.1. The molecule has 1 aliphatic rings. The first-order valence-corrected chi connectivity index (χ1v) is 13.1. The lowest BCUT2D eigenvalue weighted by Crippen LogP contribution is -2.49. The highest BCUT2D eigenvalue weighted by atomic mass is 19.1. The summed E-state index contributed by atoms with van der Waals surface area (Å²) in [5, 5.41) is 16.9. The van der Waals surface area contributed by atoms with Gasteiger partial charge in [-0.25, -0.2) is 13.6 Å². The van der Waals surface area contributed by atoms with Crippen LogP contribution < -0.4 is 15.4 Å². The van der Waals surface area contributed by atoms with Gasteiger partial charge in [0.05, 0.1) is 18.7 Å². The van der Waals surface area contributed by atoms with E-state index in [0.717, 1.165) is 23.6 Å². The van der Waals surface area contributed by atoms with Crippen LogP contribution in [0.4, 0.5) is 13.6 Å². The minimum atomic E-state index is -1.04. The zero-order valence-corrected chi connectivity index (χ0v) is 21.8. The van der Waals surface area contributed by atoms with Gasteiger partial charge in [-0.15, -0.1) is 0 Å². The molecule has 7 nitrogen and oxygen atoms in total. The first kappa shape index (κ1) is 28.2. The molecule has 2 atom stereocenters. The zero-order chi connectivity index (χ0) is 27.8. The average molecular weight is 538 g/mol. The molecule has 0 fully saturated rings. The largest absolute Gasteiger partial charge is 0.415 e. The zero-order valence-electron chi connectivity index (χ0n) is 21.8. The maximum atomic E-state index is 13.8. The number of benzene rings is 3. The quantitative estimate of drug-likeness (QED) is 0.324. The number of halogens is 2. The van der Waals surface area contributed by atoms with Crippen LogP contribution in [0.1, 0.15) is 35.6 Å². The molecule has 9 heteroatoms. The standard InChI is InChI=1S/C30H33F2N3O4/c1-2-20-6-5-7-21(12-20)17-33-18-27(36)26(15-22-13-24(31)16-25(32)14-22)34-29(37)10-11-35-19-23-8-3-4-9-28(23)39-30(35)38/h3-9,12-14,16,26-27,33,36H,2,10-11,15,17-19H2,1H3,(H,34,37)/t26-,27-/m0/s1. The molecular formula is C30H33F2N3O4. The maximum absolute atomic E-state index is 13.8. The van der Waals surface area contributed by atoms with Crippen molar-refractivity contribution in [2.45, 2.75) is 51.4 Å². The van der Waals surface area contributed by atoms with Crippen molar-refractivity contribution < 1.29 is 28.2 Å². The summed E-state index contributed by atoms with van der Waals surface area (Å²) in [5.41, 5.74) is 3.41. The fraction of sp³-hybridized carbons (Fsp3) is 0.333. The second-order valence-corrected chi connectivity index (χ2v) is 9.67. The van der Waals surface area contributed by atoms with E-state index in [9.17, 15) is 23.5 Å². The third-order valence-electron chi connectivity index (χ3n) is 6.67. The number of amides is 2. The topological polar surface area (TPSA) is 90.9 Å². The van der Waals surface area contributed by atoms with Crippen LogP contribution in [0, 0.1) is 11.6 Å². The summed E-state index contributed by atoms with van der Waals surface area (Å²) in [6, 6.07) is 17.6. The number of ether oxygens (including phenoxy) is 1. The van der Waals surface area contributed by atoms with E-state index in [4.69, 9.17) is 4.74 Å². The Morgan fingerprint density at radius 3 is 2.54 bits per heavy atom. The van der Waals surface area contributed by atoms with Gasteiger partial charge in [0, 0.05) is 37.7 Å².